The predicted molar refractivity (Wildman–Crippen MR) is 39.3 cm³/mol. The van der Waals surface area contributed by atoms with Crippen LogP contribution in [0.5, 0.6) is 0 Å². The van der Waals surface area contributed by atoms with Crippen LogP contribution in [0.15, 0.2) is 11.6 Å². The molecule has 5 nitrogen and oxygen atoms in total. The first-order valence-corrected chi connectivity index (χ1v) is 3.65. The van der Waals surface area contributed by atoms with Gasteiger partial charge in [0, 0.05) is 11.6 Å². The number of hydrogen-bond donors (Lipinski definition) is 2. The lowest BCUT2D eigenvalue weighted by molar-refractivity contribution is 0.0528. The van der Waals surface area contributed by atoms with E-state index in [1.54, 1.807) is 11.6 Å². The van der Waals surface area contributed by atoms with E-state index in [9.17, 15) is 4.79 Å². The SMILES string of the molecule is O=C(Nc1nccs1)OCO. The number of carbonyl (C=O) groups is 1. The average Bonchev–Trinajstić information content (AvgIpc) is 2.40. The minimum absolute atomic E-state index is 0.448. The van der Waals surface area contributed by atoms with Gasteiger partial charge in [-0.3, -0.25) is 5.32 Å². The Balaban J connectivity index is 2.37. The maximum absolute atomic E-state index is 10.6. The summed E-state index contributed by atoms with van der Waals surface area (Å²) in [5.74, 6) is 0. The van der Waals surface area contributed by atoms with Gasteiger partial charge in [0.1, 0.15) is 0 Å². The second-order valence-corrected chi connectivity index (χ2v) is 2.42. The molecule has 1 aromatic rings. The van der Waals surface area contributed by atoms with Crippen LogP contribution in [0, 0.1) is 0 Å². The highest BCUT2D eigenvalue weighted by atomic mass is 32.1. The first-order chi connectivity index (χ1) is 5.33. The van der Waals surface area contributed by atoms with E-state index >= 15 is 0 Å². The number of aromatic nitrogens is 1. The van der Waals surface area contributed by atoms with Crippen LogP contribution in [0.3, 0.4) is 0 Å². The molecule has 0 saturated heterocycles. The van der Waals surface area contributed by atoms with Gasteiger partial charge in [0.05, 0.1) is 0 Å². The molecule has 60 valence electrons. The van der Waals surface area contributed by atoms with Gasteiger partial charge < -0.3 is 9.84 Å². The molecular formula is C5H6N2O3S. The zero-order valence-electron chi connectivity index (χ0n) is 5.48. The molecule has 1 aromatic heterocycles. The van der Waals surface area contributed by atoms with Crippen molar-refractivity contribution in [2.45, 2.75) is 0 Å². The van der Waals surface area contributed by atoms with Crippen molar-refractivity contribution in [1.29, 1.82) is 0 Å². The van der Waals surface area contributed by atoms with Crippen molar-refractivity contribution in [2.24, 2.45) is 0 Å². The van der Waals surface area contributed by atoms with E-state index in [0.29, 0.717) is 5.13 Å². The Morgan fingerprint density at radius 2 is 2.73 bits per heavy atom. The van der Waals surface area contributed by atoms with Crippen molar-refractivity contribution in [3.63, 3.8) is 0 Å². The highest BCUT2D eigenvalue weighted by Gasteiger charge is 2.02. The molecule has 1 rings (SSSR count). The molecule has 0 radical (unpaired) electrons. The molecule has 6 heteroatoms. The summed E-state index contributed by atoms with van der Waals surface area (Å²) in [6, 6.07) is 0. The summed E-state index contributed by atoms with van der Waals surface area (Å²) in [6.45, 7) is -0.628. The van der Waals surface area contributed by atoms with Gasteiger partial charge in [-0.1, -0.05) is 0 Å². The Morgan fingerprint density at radius 1 is 1.91 bits per heavy atom. The normalized spacial score (nSPS) is 9.18. The van der Waals surface area contributed by atoms with Gasteiger partial charge in [-0.05, 0) is 0 Å². The number of hydrogen-bond acceptors (Lipinski definition) is 5. The molecular weight excluding hydrogens is 168 g/mol. The summed E-state index contributed by atoms with van der Waals surface area (Å²) in [6.07, 6.45) is 0.849. The first-order valence-electron chi connectivity index (χ1n) is 2.77. The Kier molecular flexibility index (Phi) is 2.82. The summed E-state index contributed by atoms with van der Waals surface area (Å²) in [5.41, 5.74) is 0. The highest BCUT2D eigenvalue weighted by molar-refractivity contribution is 7.13. The van der Waals surface area contributed by atoms with Gasteiger partial charge in [0.2, 0.25) is 0 Å². The van der Waals surface area contributed by atoms with Gasteiger partial charge in [0.15, 0.2) is 11.9 Å². The van der Waals surface area contributed by atoms with E-state index in [2.05, 4.69) is 15.0 Å². The number of ether oxygens (including phenoxy) is 1. The first kappa shape index (κ1) is 7.96. The van der Waals surface area contributed by atoms with Crippen LogP contribution in [0.25, 0.3) is 0 Å². The van der Waals surface area contributed by atoms with Crippen LogP contribution in [0.4, 0.5) is 9.93 Å². The summed E-state index contributed by atoms with van der Waals surface area (Å²) in [5, 5.41) is 12.6. The Morgan fingerprint density at radius 3 is 3.27 bits per heavy atom. The molecule has 0 aliphatic carbocycles. The molecule has 0 atom stereocenters. The smallest absolute Gasteiger partial charge is 0.415 e. The van der Waals surface area contributed by atoms with Gasteiger partial charge in [0.25, 0.3) is 0 Å². The quantitative estimate of drug-likeness (QED) is 0.645. The molecule has 1 heterocycles. The minimum Gasteiger partial charge on any atom is -0.422 e. The van der Waals surface area contributed by atoms with E-state index < -0.39 is 12.9 Å². The fourth-order valence-corrected chi connectivity index (χ4v) is 0.982. The van der Waals surface area contributed by atoms with E-state index in [-0.39, 0.29) is 0 Å². The highest BCUT2D eigenvalue weighted by Crippen LogP contribution is 2.09. The van der Waals surface area contributed by atoms with E-state index in [1.807, 2.05) is 0 Å². The molecule has 0 unspecified atom stereocenters. The van der Waals surface area contributed by atoms with Gasteiger partial charge in [-0.15, -0.1) is 11.3 Å². The number of aliphatic hydroxyl groups is 1. The van der Waals surface area contributed by atoms with Gasteiger partial charge in [-0.2, -0.15) is 0 Å². The molecule has 0 aliphatic rings. The predicted octanol–water partition coefficient (Wildman–Crippen LogP) is 0.641. The second-order valence-electron chi connectivity index (χ2n) is 1.52. The van der Waals surface area contributed by atoms with E-state index in [0.717, 1.165) is 0 Å². The van der Waals surface area contributed by atoms with Crippen molar-refractivity contribution in [3.05, 3.63) is 11.6 Å². The van der Waals surface area contributed by atoms with Crippen LogP contribution in [0.1, 0.15) is 0 Å². The van der Waals surface area contributed by atoms with Crippen molar-refractivity contribution >= 4 is 22.6 Å². The van der Waals surface area contributed by atoms with Crippen molar-refractivity contribution < 1.29 is 14.6 Å². The van der Waals surface area contributed by atoms with E-state index in [1.165, 1.54) is 11.3 Å². The van der Waals surface area contributed by atoms with Gasteiger partial charge in [-0.25, -0.2) is 9.78 Å². The number of amides is 1. The summed E-state index contributed by atoms with van der Waals surface area (Å²) < 4.78 is 4.19. The monoisotopic (exact) mass is 174 g/mol. The zero-order valence-corrected chi connectivity index (χ0v) is 6.30. The number of thiazole rings is 1. The molecule has 1 amide bonds. The molecule has 0 fully saturated rings. The molecule has 0 bridgehead atoms. The van der Waals surface area contributed by atoms with Crippen LogP contribution in [0.2, 0.25) is 0 Å². The molecule has 0 spiro atoms. The number of carbonyl (C=O) groups excluding carboxylic acids is 1. The number of anilines is 1. The standard InChI is InChI=1S/C5H6N2O3S/c8-3-10-5(9)7-4-6-1-2-11-4/h1-2,8H,3H2,(H,6,7,9). The van der Waals surface area contributed by atoms with E-state index in [4.69, 9.17) is 5.11 Å². The molecule has 0 aromatic carbocycles. The third kappa shape index (κ3) is 2.52. The van der Waals surface area contributed by atoms with Crippen molar-refractivity contribution in [2.75, 3.05) is 12.1 Å². The summed E-state index contributed by atoms with van der Waals surface area (Å²) in [4.78, 5) is 14.3. The van der Waals surface area contributed by atoms with Gasteiger partial charge >= 0.3 is 6.09 Å². The molecule has 0 saturated carbocycles. The minimum atomic E-state index is -0.706. The maximum atomic E-state index is 10.6. The number of nitrogens with one attached hydrogen (secondary N) is 1. The maximum Gasteiger partial charge on any atom is 0.415 e. The van der Waals surface area contributed by atoms with Crippen LogP contribution < -0.4 is 5.32 Å². The lowest BCUT2D eigenvalue weighted by Gasteiger charge is -1.98. The Labute approximate surface area is 66.6 Å². The Bertz CT molecular complexity index is 224. The van der Waals surface area contributed by atoms with Crippen LogP contribution in [-0.4, -0.2) is 23.0 Å². The average molecular weight is 174 g/mol. The number of nitrogens with zero attached hydrogens (tertiary/aromatic N) is 1. The zero-order chi connectivity index (χ0) is 8.10. The fourth-order valence-electron chi connectivity index (χ4n) is 0.467. The van der Waals surface area contributed by atoms with Crippen LogP contribution in [-0.2, 0) is 4.74 Å². The summed E-state index contributed by atoms with van der Waals surface area (Å²) in [7, 11) is 0. The molecule has 2 N–H and O–H groups in total. The number of rotatable bonds is 2. The van der Waals surface area contributed by atoms with Crippen molar-refractivity contribution in [1.82, 2.24) is 4.98 Å². The van der Waals surface area contributed by atoms with Crippen LogP contribution >= 0.6 is 11.3 Å². The third-order valence-electron chi connectivity index (χ3n) is 0.837. The van der Waals surface area contributed by atoms with Crippen molar-refractivity contribution in [3.8, 4) is 0 Å². The Hall–Kier alpha value is -1.14. The third-order valence-corrected chi connectivity index (χ3v) is 1.53. The molecule has 11 heavy (non-hydrogen) atoms. The number of aliphatic hydroxyl groups excluding tert-OH is 1. The lowest BCUT2D eigenvalue weighted by atomic mass is 11.0. The fraction of sp³-hybridized carbons (Fsp3) is 0.200. The lowest BCUT2D eigenvalue weighted by Crippen LogP contribution is -2.13. The summed E-state index contributed by atoms with van der Waals surface area (Å²) >= 11 is 1.27. The molecule has 0 aliphatic heterocycles. The largest absolute Gasteiger partial charge is 0.422 e. The topological polar surface area (TPSA) is 71.5 Å². The second kappa shape index (κ2) is 3.89.